The standard InChI is InChI=1S/C17H14N4S2/c1-12-5-2-3-6-13(12)11-23-16-9-8-15-18-19-17(21(15)20-16)14-7-4-10-22-14/h2-10H,11H2,1H3. The van der Waals surface area contributed by atoms with E-state index in [9.17, 15) is 0 Å². The number of hydrogen-bond acceptors (Lipinski definition) is 5. The maximum absolute atomic E-state index is 4.70. The molecule has 0 fully saturated rings. The van der Waals surface area contributed by atoms with Gasteiger partial charge in [-0.1, -0.05) is 42.1 Å². The summed E-state index contributed by atoms with van der Waals surface area (Å²) in [5, 5.41) is 16.2. The molecular weight excluding hydrogens is 324 g/mol. The van der Waals surface area contributed by atoms with E-state index >= 15 is 0 Å². The van der Waals surface area contributed by atoms with Crippen molar-refractivity contribution < 1.29 is 0 Å². The van der Waals surface area contributed by atoms with Crippen LogP contribution in [0.15, 0.2) is 58.9 Å². The van der Waals surface area contributed by atoms with Crippen molar-refractivity contribution in [3.8, 4) is 10.7 Å². The Labute approximate surface area is 142 Å². The molecule has 0 spiro atoms. The number of rotatable bonds is 4. The van der Waals surface area contributed by atoms with Crippen LogP contribution in [0, 0.1) is 6.92 Å². The van der Waals surface area contributed by atoms with Gasteiger partial charge < -0.3 is 0 Å². The van der Waals surface area contributed by atoms with Crippen LogP contribution in [0.5, 0.6) is 0 Å². The molecule has 0 atom stereocenters. The van der Waals surface area contributed by atoms with Crippen molar-refractivity contribution in [2.24, 2.45) is 0 Å². The van der Waals surface area contributed by atoms with Gasteiger partial charge in [0.25, 0.3) is 0 Å². The Morgan fingerprint density at radius 2 is 1.96 bits per heavy atom. The van der Waals surface area contributed by atoms with Crippen molar-refractivity contribution in [2.75, 3.05) is 0 Å². The molecule has 6 heteroatoms. The molecule has 0 saturated carbocycles. The number of thiophene rings is 1. The minimum absolute atomic E-state index is 0.772. The lowest BCUT2D eigenvalue weighted by atomic mass is 10.1. The van der Waals surface area contributed by atoms with E-state index in [0.29, 0.717) is 0 Å². The van der Waals surface area contributed by atoms with Crippen molar-refractivity contribution in [3.63, 3.8) is 0 Å². The topological polar surface area (TPSA) is 43.1 Å². The smallest absolute Gasteiger partial charge is 0.191 e. The molecule has 1 aromatic carbocycles. The van der Waals surface area contributed by atoms with Crippen LogP contribution in [0.25, 0.3) is 16.3 Å². The van der Waals surface area contributed by atoms with Gasteiger partial charge in [-0.05, 0) is 41.6 Å². The highest BCUT2D eigenvalue weighted by Gasteiger charge is 2.11. The number of thioether (sulfide) groups is 1. The number of fused-ring (bicyclic) bond motifs is 1. The van der Waals surface area contributed by atoms with Crippen LogP contribution in [0.2, 0.25) is 0 Å². The summed E-state index contributed by atoms with van der Waals surface area (Å²) in [6.45, 7) is 2.14. The van der Waals surface area contributed by atoms with Gasteiger partial charge in [0.15, 0.2) is 11.5 Å². The molecule has 0 N–H and O–H groups in total. The van der Waals surface area contributed by atoms with Gasteiger partial charge in [0.2, 0.25) is 0 Å². The second-order valence-corrected chi connectivity index (χ2v) is 7.10. The van der Waals surface area contributed by atoms with E-state index in [2.05, 4.69) is 41.4 Å². The summed E-state index contributed by atoms with van der Waals surface area (Å²) in [6, 6.07) is 16.5. The zero-order chi connectivity index (χ0) is 15.6. The summed E-state index contributed by atoms with van der Waals surface area (Å²) < 4.78 is 1.83. The van der Waals surface area contributed by atoms with Crippen LogP contribution in [0.1, 0.15) is 11.1 Å². The Kier molecular flexibility index (Phi) is 3.85. The van der Waals surface area contributed by atoms with Crippen molar-refractivity contribution in [2.45, 2.75) is 17.7 Å². The van der Waals surface area contributed by atoms with Gasteiger partial charge in [-0.3, -0.25) is 0 Å². The van der Waals surface area contributed by atoms with Crippen LogP contribution < -0.4 is 0 Å². The van der Waals surface area contributed by atoms with Gasteiger partial charge in [0.1, 0.15) is 5.03 Å². The number of nitrogens with zero attached hydrogens (tertiary/aromatic N) is 4. The molecule has 3 heterocycles. The number of hydrogen-bond donors (Lipinski definition) is 0. The van der Waals surface area contributed by atoms with E-state index in [-0.39, 0.29) is 0 Å². The Hall–Kier alpha value is -2.18. The molecule has 4 nitrogen and oxygen atoms in total. The average Bonchev–Trinajstić information content (AvgIpc) is 3.22. The molecule has 0 amide bonds. The zero-order valence-electron chi connectivity index (χ0n) is 12.5. The van der Waals surface area contributed by atoms with E-state index in [4.69, 9.17) is 5.10 Å². The van der Waals surface area contributed by atoms with Crippen LogP contribution >= 0.6 is 23.1 Å². The number of aryl methyl sites for hydroxylation is 1. The summed E-state index contributed by atoms with van der Waals surface area (Å²) in [7, 11) is 0. The molecule has 114 valence electrons. The monoisotopic (exact) mass is 338 g/mol. The van der Waals surface area contributed by atoms with E-state index in [1.165, 1.54) is 11.1 Å². The van der Waals surface area contributed by atoms with Crippen LogP contribution in [-0.4, -0.2) is 19.8 Å². The van der Waals surface area contributed by atoms with E-state index < -0.39 is 0 Å². The van der Waals surface area contributed by atoms with Crippen molar-refractivity contribution in [1.82, 2.24) is 19.8 Å². The van der Waals surface area contributed by atoms with E-state index in [1.54, 1.807) is 23.1 Å². The Morgan fingerprint density at radius 1 is 1.04 bits per heavy atom. The van der Waals surface area contributed by atoms with Gasteiger partial charge in [-0.25, -0.2) is 0 Å². The maximum atomic E-state index is 4.70. The summed E-state index contributed by atoms with van der Waals surface area (Å²) >= 11 is 3.37. The predicted molar refractivity (Wildman–Crippen MR) is 94.8 cm³/mol. The van der Waals surface area contributed by atoms with Crippen LogP contribution in [0.4, 0.5) is 0 Å². The Bertz CT molecular complexity index is 944. The second kappa shape index (κ2) is 6.14. The van der Waals surface area contributed by atoms with Gasteiger partial charge >= 0.3 is 0 Å². The molecule has 0 aliphatic rings. The second-order valence-electron chi connectivity index (χ2n) is 5.16. The molecule has 4 rings (SSSR count). The van der Waals surface area contributed by atoms with Crippen molar-refractivity contribution in [1.29, 1.82) is 0 Å². The highest BCUT2D eigenvalue weighted by molar-refractivity contribution is 7.98. The SMILES string of the molecule is Cc1ccccc1CSc1ccc2nnc(-c3cccs3)n2n1. The van der Waals surface area contributed by atoms with Gasteiger partial charge in [-0.15, -0.1) is 21.5 Å². The predicted octanol–water partition coefficient (Wildman–Crippen LogP) is 4.45. The molecule has 0 saturated heterocycles. The first-order chi connectivity index (χ1) is 11.3. The zero-order valence-corrected chi connectivity index (χ0v) is 14.1. The average molecular weight is 338 g/mol. The van der Waals surface area contributed by atoms with E-state index in [1.807, 2.05) is 34.2 Å². The molecule has 4 aromatic rings. The van der Waals surface area contributed by atoms with Gasteiger partial charge in [0.05, 0.1) is 4.88 Å². The summed E-state index contributed by atoms with van der Waals surface area (Å²) in [5.74, 6) is 1.70. The molecular formula is C17H14N4S2. The minimum Gasteiger partial charge on any atom is -0.191 e. The highest BCUT2D eigenvalue weighted by atomic mass is 32.2. The Morgan fingerprint density at radius 3 is 2.78 bits per heavy atom. The van der Waals surface area contributed by atoms with Gasteiger partial charge in [0, 0.05) is 5.75 Å². The lowest BCUT2D eigenvalue weighted by Crippen LogP contribution is -1.96. The van der Waals surface area contributed by atoms with Crippen molar-refractivity contribution >= 4 is 28.7 Å². The molecule has 3 aromatic heterocycles. The minimum atomic E-state index is 0.772. The lowest BCUT2D eigenvalue weighted by molar-refractivity contribution is 0.862. The first kappa shape index (κ1) is 14.4. The molecule has 23 heavy (non-hydrogen) atoms. The quantitative estimate of drug-likeness (QED) is 0.516. The van der Waals surface area contributed by atoms with Gasteiger partial charge in [-0.2, -0.15) is 9.61 Å². The maximum Gasteiger partial charge on any atom is 0.195 e. The molecule has 0 bridgehead atoms. The fourth-order valence-corrected chi connectivity index (χ4v) is 3.96. The lowest BCUT2D eigenvalue weighted by Gasteiger charge is -2.05. The largest absolute Gasteiger partial charge is 0.195 e. The molecule has 0 unspecified atom stereocenters. The normalized spacial score (nSPS) is 11.2. The van der Waals surface area contributed by atoms with Crippen LogP contribution in [-0.2, 0) is 5.75 Å². The molecule has 0 aliphatic heterocycles. The molecule has 0 radical (unpaired) electrons. The highest BCUT2D eigenvalue weighted by Crippen LogP contribution is 2.26. The summed E-state index contributed by atoms with van der Waals surface area (Å²) in [4.78, 5) is 1.08. The third kappa shape index (κ3) is 2.87. The first-order valence-electron chi connectivity index (χ1n) is 7.25. The number of benzene rings is 1. The fourth-order valence-electron chi connectivity index (χ4n) is 2.33. The first-order valence-corrected chi connectivity index (χ1v) is 9.11. The summed E-state index contributed by atoms with van der Waals surface area (Å²) in [6.07, 6.45) is 0. The molecule has 0 aliphatic carbocycles. The van der Waals surface area contributed by atoms with Crippen LogP contribution in [0.3, 0.4) is 0 Å². The van der Waals surface area contributed by atoms with Crippen molar-refractivity contribution in [3.05, 3.63) is 65.0 Å². The number of aromatic nitrogens is 4. The third-order valence-electron chi connectivity index (χ3n) is 3.62. The third-order valence-corrected chi connectivity index (χ3v) is 5.45. The Balaban J connectivity index is 1.64. The fraction of sp³-hybridized carbons (Fsp3) is 0.118. The summed E-state index contributed by atoms with van der Waals surface area (Å²) in [5.41, 5.74) is 3.42. The van der Waals surface area contributed by atoms with E-state index in [0.717, 1.165) is 27.1 Å².